The number of carbonyl (C=O) groups excluding carboxylic acids is 1. The molecule has 0 fully saturated rings. The van der Waals surface area contributed by atoms with Gasteiger partial charge >= 0.3 is 0 Å². The minimum Gasteiger partial charge on any atom is -0.326 e. The Bertz CT molecular complexity index is 393. The highest BCUT2D eigenvalue weighted by Gasteiger charge is 2.10. The van der Waals surface area contributed by atoms with E-state index in [-0.39, 0.29) is 18.1 Å². The van der Waals surface area contributed by atoms with E-state index in [4.69, 9.17) is 5.73 Å². The molecule has 0 aliphatic carbocycles. The summed E-state index contributed by atoms with van der Waals surface area (Å²) < 4.78 is 13.5. The number of benzene rings is 1. The van der Waals surface area contributed by atoms with Crippen LogP contribution in [0.1, 0.15) is 32.3 Å². The first-order valence-electron chi connectivity index (χ1n) is 5.85. The first-order valence-corrected chi connectivity index (χ1v) is 5.85. The molecule has 0 spiro atoms. The second kappa shape index (κ2) is 6.35. The molecule has 1 aromatic carbocycles. The fourth-order valence-electron chi connectivity index (χ4n) is 1.45. The van der Waals surface area contributed by atoms with Crippen molar-refractivity contribution in [3.63, 3.8) is 0 Å². The number of rotatable bonds is 5. The number of anilines is 1. The van der Waals surface area contributed by atoms with E-state index < -0.39 is 5.82 Å². The lowest BCUT2D eigenvalue weighted by atomic mass is 10.0. The zero-order chi connectivity index (χ0) is 12.8. The minimum atomic E-state index is -0.439. The smallest absolute Gasteiger partial charge is 0.224 e. The fraction of sp³-hybridized carbons (Fsp3) is 0.462. The van der Waals surface area contributed by atoms with Crippen LogP contribution in [0.4, 0.5) is 10.1 Å². The third kappa shape index (κ3) is 4.15. The van der Waals surface area contributed by atoms with Crippen molar-refractivity contribution in [1.29, 1.82) is 0 Å². The summed E-state index contributed by atoms with van der Waals surface area (Å²) in [6.07, 6.45) is 1.34. The Kier molecular flexibility index (Phi) is 5.10. The van der Waals surface area contributed by atoms with E-state index in [1.54, 1.807) is 12.1 Å². The number of carbonyl (C=O) groups is 1. The predicted molar refractivity (Wildman–Crippen MR) is 67.0 cm³/mol. The number of hydrogen-bond acceptors (Lipinski definition) is 2. The Hall–Kier alpha value is -1.42. The van der Waals surface area contributed by atoms with Gasteiger partial charge in [-0.25, -0.2) is 4.39 Å². The van der Waals surface area contributed by atoms with Crippen molar-refractivity contribution < 1.29 is 9.18 Å². The Morgan fingerprint density at radius 3 is 2.76 bits per heavy atom. The van der Waals surface area contributed by atoms with Gasteiger partial charge in [0.25, 0.3) is 0 Å². The maximum absolute atomic E-state index is 13.5. The van der Waals surface area contributed by atoms with E-state index >= 15 is 0 Å². The van der Waals surface area contributed by atoms with Gasteiger partial charge in [0.15, 0.2) is 0 Å². The normalized spacial score (nSPS) is 12.2. The number of amides is 1. The topological polar surface area (TPSA) is 55.1 Å². The van der Waals surface area contributed by atoms with Crippen LogP contribution in [0.2, 0.25) is 0 Å². The Morgan fingerprint density at radius 1 is 1.53 bits per heavy atom. The van der Waals surface area contributed by atoms with Crippen molar-refractivity contribution in [2.75, 3.05) is 5.32 Å². The second-order valence-corrected chi connectivity index (χ2v) is 4.28. The third-order valence-corrected chi connectivity index (χ3v) is 2.77. The molecule has 94 valence electrons. The molecule has 4 heteroatoms. The van der Waals surface area contributed by atoms with Crippen LogP contribution in [-0.4, -0.2) is 5.91 Å². The van der Waals surface area contributed by atoms with Crippen LogP contribution >= 0.6 is 0 Å². The van der Waals surface area contributed by atoms with Gasteiger partial charge in [0.1, 0.15) is 5.82 Å². The summed E-state index contributed by atoms with van der Waals surface area (Å²) in [5.74, 6) is -0.287. The fourth-order valence-corrected chi connectivity index (χ4v) is 1.45. The van der Waals surface area contributed by atoms with E-state index in [2.05, 4.69) is 5.32 Å². The SMILES string of the molecule is CCC(C)CC(=O)Nc1ccc(CN)cc1F. The summed E-state index contributed by atoms with van der Waals surface area (Å²) in [6.45, 7) is 4.31. The zero-order valence-electron chi connectivity index (χ0n) is 10.3. The van der Waals surface area contributed by atoms with Gasteiger partial charge < -0.3 is 11.1 Å². The van der Waals surface area contributed by atoms with Gasteiger partial charge in [-0.2, -0.15) is 0 Å². The highest BCUT2D eigenvalue weighted by Crippen LogP contribution is 2.17. The van der Waals surface area contributed by atoms with E-state index in [0.29, 0.717) is 17.9 Å². The van der Waals surface area contributed by atoms with Crippen LogP contribution in [0.25, 0.3) is 0 Å². The van der Waals surface area contributed by atoms with Crippen molar-refractivity contribution >= 4 is 11.6 Å². The molecule has 0 aliphatic heterocycles. The summed E-state index contributed by atoms with van der Waals surface area (Å²) in [6, 6.07) is 4.60. The summed E-state index contributed by atoms with van der Waals surface area (Å²) in [7, 11) is 0. The zero-order valence-corrected chi connectivity index (χ0v) is 10.3. The lowest BCUT2D eigenvalue weighted by Gasteiger charge is -2.10. The molecule has 0 aromatic heterocycles. The molecule has 3 nitrogen and oxygen atoms in total. The highest BCUT2D eigenvalue weighted by molar-refractivity contribution is 5.90. The quantitative estimate of drug-likeness (QED) is 0.828. The third-order valence-electron chi connectivity index (χ3n) is 2.77. The van der Waals surface area contributed by atoms with Crippen molar-refractivity contribution in [1.82, 2.24) is 0 Å². The largest absolute Gasteiger partial charge is 0.326 e. The summed E-state index contributed by atoms with van der Waals surface area (Å²) >= 11 is 0. The number of nitrogens with one attached hydrogen (secondary N) is 1. The van der Waals surface area contributed by atoms with E-state index in [1.807, 2.05) is 13.8 Å². The lowest BCUT2D eigenvalue weighted by Crippen LogP contribution is -2.15. The Balaban J connectivity index is 2.65. The van der Waals surface area contributed by atoms with Crippen molar-refractivity contribution in [2.45, 2.75) is 33.2 Å². The molecule has 1 rings (SSSR count). The molecule has 0 bridgehead atoms. The standard InChI is InChI=1S/C13H19FN2O/c1-3-9(2)6-13(17)16-12-5-4-10(8-15)7-11(12)14/h4-5,7,9H,3,6,8,15H2,1-2H3,(H,16,17). The highest BCUT2D eigenvalue weighted by atomic mass is 19.1. The van der Waals surface area contributed by atoms with Gasteiger partial charge in [0.2, 0.25) is 5.91 Å². The molecule has 17 heavy (non-hydrogen) atoms. The minimum absolute atomic E-state index is 0.154. The number of halogens is 1. The summed E-state index contributed by atoms with van der Waals surface area (Å²) in [4.78, 5) is 11.6. The van der Waals surface area contributed by atoms with E-state index in [1.165, 1.54) is 6.07 Å². The second-order valence-electron chi connectivity index (χ2n) is 4.28. The maximum atomic E-state index is 13.5. The molecule has 3 N–H and O–H groups in total. The molecule has 0 aliphatic rings. The molecule has 0 saturated heterocycles. The molecule has 1 aromatic rings. The lowest BCUT2D eigenvalue weighted by molar-refractivity contribution is -0.117. The number of hydrogen-bond donors (Lipinski definition) is 2. The molecule has 0 heterocycles. The molecule has 1 unspecified atom stereocenters. The van der Waals surface area contributed by atoms with Gasteiger partial charge in [0.05, 0.1) is 5.69 Å². The van der Waals surface area contributed by atoms with Crippen molar-refractivity contribution in [3.05, 3.63) is 29.6 Å². The first kappa shape index (κ1) is 13.6. The molecule has 0 saturated carbocycles. The van der Waals surface area contributed by atoms with E-state index in [9.17, 15) is 9.18 Å². The van der Waals surface area contributed by atoms with Crippen LogP contribution in [0.15, 0.2) is 18.2 Å². The van der Waals surface area contributed by atoms with Crippen molar-refractivity contribution in [2.24, 2.45) is 11.7 Å². The summed E-state index contributed by atoms with van der Waals surface area (Å²) in [5.41, 5.74) is 6.33. The van der Waals surface area contributed by atoms with Crippen LogP contribution in [0, 0.1) is 11.7 Å². The first-order chi connectivity index (χ1) is 8.06. The summed E-state index contributed by atoms with van der Waals surface area (Å²) in [5, 5.41) is 2.57. The Morgan fingerprint density at radius 2 is 2.24 bits per heavy atom. The van der Waals surface area contributed by atoms with Crippen LogP contribution in [0.3, 0.4) is 0 Å². The van der Waals surface area contributed by atoms with Crippen LogP contribution in [-0.2, 0) is 11.3 Å². The monoisotopic (exact) mass is 238 g/mol. The molecule has 1 atom stereocenters. The molecule has 1 amide bonds. The van der Waals surface area contributed by atoms with Gasteiger partial charge in [-0.1, -0.05) is 26.3 Å². The predicted octanol–water partition coefficient (Wildman–Crippen LogP) is 2.66. The Labute approximate surface area is 101 Å². The maximum Gasteiger partial charge on any atom is 0.224 e. The van der Waals surface area contributed by atoms with Gasteiger partial charge in [-0.3, -0.25) is 4.79 Å². The molecule has 0 radical (unpaired) electrons. The number of nitrogens with two attached hydrogens (primary N) is 1. The van der Waals surface area contributed by atoms with Gasteiger partial charge in [0, 0.05) is 13.0 Å². The average molecular weight is 238 g/mol. The van der Waals surface area contributed by atoms with Crippen LogP contribution in [0.5, 0.6) is 0 Å². The van der Waals surface area contributed by atoms with Gasteiger partial charge in [-0.05, 0) is 23.6 Å². The molecular weight excluding hydrogens is 219 g/mol. The van der Waals surface area contributed by atoms with Gasteiger partial charge in [-0.15, -0.1) is 0 Å². The van der Waals surface area contributed by atoms with Crippen LogP contribution < -0.4 is 11.1 Å². The molecular formula is C13H19FN2O. The van der Waals surface area contributed by atoms with Crippen molar-refractivity contribution in [3.8, 4) is 0 Å². The van der Waals surface area contributed by atoms with E-state index in [0.717, 1.165) is 6.42 Å². The average Bonchev–Trinajstić information content (AvgIpc) is 2.31.